The van der Waals surface area contributed by atoms with Crippen LogP contribution in [0.5, 0.6) is 5.75 Å². The van der Waals surface area contributed by atoms with Crippen LogP contribution in [-0.2, 0) is 17.9 Å². The molecule has 25 heavy (non-hydrogen) atoms. The summed E-state index contributed by atoms with van der Waals surface area (Å²) in [5.41, 5.74) is 2.46. The van der Waals surface area contributed by atoms with Crippen LogP contribution in [0, 0.1) is 0 Å². The van der Waals surface area contributed by atoms with Gasteiger partial charge in [0, 0.05) is 17.0 Å². The summed E-state index contributed by atoms with van der Waals surface area (Å²) in [7, 11) is 4.26. The number of hydrogen-bond donors (Lipinski definition) is 2. The molecule has 2 rings (SSSR count). The molecule has 2 aromatic carbocycles. The second kappa shape index (κ2) is 10.1. The van der Waals surface area contributed by atoms with E-state index in [0.717, 1.165) is 17.2 Å². The fourth-order valence-corrected chi connectivity index (χ4v) is 3.20. The first kappa shape index (κ1) is 19.3. The zero-order valence-corrected chi connectivity index (χ0v) is 16.0. The van der Waals surface area contributed by atoms with Crippen molar-refractivity contribution in [2.24, 2.45) is 0 Å². The Hall–Kier alpha value is -1.98. The van der Waals surface area contributed by atoms with Crippen molar-refractivity contribution < 1.29 is 14.4 Å². The normalized spacial score (nSPS) is 10.7. The number of quaternary nitrogens is 1. The Bertz CT molecular complexity index is 672. The summed E-state index contributed by atoms with van der Waals surface area (Å²) in [5.74, 6) is 1.32. The van der Waals surface area contributed by atoms with Crippen LogP contribution in [0.4, 0.5) is 0 Å². The van der Waals surface area contributed by atoms with Crippen LogP contribution in [0.1, 0.15) is 18.1 Å². The predicted octanol–water partition coefficient (Wildman–Crippen LogP) is 2.14. The van der Waals surface area contributed by atoms with Crippen LogP contribution < -0.4 is 15.0 Å². The minimum atomic E-state index is 0.0471. The molecule has 0 unspecified atom stereocenters. The van der Waals surface area contributed by atoms with Gasteiger partial charge in [0.05, 0.1) is 26.5 Å². The van der Waals surface area contributed by atoms with E-state index in [1.807, 2.05) is 43.3 Å². The number of amides is 1. The van der Waals surface area contributed by atoms with Crippen LogP contribution in [0.15, 0.2) is 53.4 Å². The van der Waals surface area contributed by atoms with E-state index in [0.29, 0.717) is 18.9 Å². The molecule has 2 N–H and O–H groups in total. The second-order valence-corrected chi connectivity index (χ2v) is 7.17. The highest BCUT2D eigenvalue weighted by Gasteiger charge is 2.08. The monoisotopic (exact) mass is 359 g/mol. The largest absolute Gasteiger partial charge is 0.494 e. The van der Waals surface area contributed by atoms with Gasteiger partial charge in [0.15, 0.2) is 0 Å². The summed E-state index contributed by atoms with van der Waals surface area (Å²) in [6.45, 7) is 4.15. The number of carbonyl (C=O) groups is 1. The number of ether oxygens (including phenoxy) is 1. The van der Waals surface area contributed by atoms with Gasteiger partial charge >= 0.3 is 0 Å². The van der Waals surface area contributed by atoms with Crippen molar-refractivity contribution in [3.63, 3.8) is 0 Å². The van der Waals surface area contributed by atoms with Gasteiger partial charge in [-0.15, -0.1) is 11.8 Å². The molecule has 0 saturated carbocycles. The quantitative estimate of drug-likeness (QED) is 0.674. The van der Waals surface area contributed by atoms with E-state index in [2.05, 4.69) is 31.5 Å². The standard InChI is InChI=1S/C20H26N2O2S/c1-4-24-18-9-11-19(12-10-18)25-15-20(23)21-13-16-7-5-6-8-17(16)14-22(2)3/h5-12H,4,13-15H2,1-3H3,(H,21,23)/p+1. The van der Waals surface area contributed by atoms with Crippen molar-refractivity contribution in [1.82, 2.24) is 5.32 Å². The predicted molar refractivity (Wildman–Crippen MR) is 103 cm³/mol. The SMILES string of the molecule is CCOc1ccc(SCC(=O)NCc2ccccc2C[NH+](C)C)cc1. The van der Waals surface area contributed by atoms with Gasteiger partial charge < -0.3 is 15.0 Å². The van der Waals surface area contributed by atoms with Crippen molar-refractivity contribution in [1.29, 1.82) is 0 Å². The molecule has 1 amide bonds. The third-order valence-electron chi connectivity index (χ3n) is 3.64. The Morgan fingerprint density at radius 3 is 2.40 bits per heavy atom. The summed E-state index contributed by atoms with van der Waals surface area (Å²) in [6.07, 6.45) is 0. The van der Waals surface area contributed by atoms with Gasteiger partial charge in [-0.25, -0.2) is 0 Å². The first-order valence-electron chi connectivity index (χ1n) is 8.56. The fourth-order valence-electron chi connectivity index (χ4n) is 2.48. The van der Waals surface area contributed by atoms with Gasteiger partial charge in [-0.05, 0) is 36.8 Å². The molecule has 0 fully saturated rings. The number of thioether (sulfide) groups is 1. The molecule has 0 bridgehead atoms. The van der Waals surface area contributed by atoms with Crippen LogP contribution in [0.2, 0.25) is 0 Å². The van der Waals surface area contributed by atoms with Gasteiger partial charge in [0.1, 0.15) is 12.3 Å². The zero-order valence-electron chi connectivity index (χ0n) is 15.2. The lowest BCUT2D eigenvalue weighted by atomic mass is 10.1. The van der Waals surface area contributed by atoms with E-state index in [9.17, 15) is 4.79 Å². The van der Waals surface area contributed by atoms with Crippen LogP contribution in [0.25, 0.3) is 0 Å². The molecular formula is C20H27N2O2S+. The maximum Gasteiger partial charge on any atom is 0.230 e. The van der Waals surface area contributed by atoms with Gasteiger partial charge in [-0.3, -0.25) is 4.79 Å². The number of carbonyl (C=O) groups excluding carboxylic acids is 1. The Morgan fingerprint density at radius 1 is 1.08 bits per heavy atom. The fraction of sp³-hybridized carbons (Fsp3) is 0.350. The molecule has 0 aromatic heterocycles. The van der Waals surface area contributed by atoms with Crippen LogP contribution in [0.3, 0.4) is 0 Å². The Morgan fingerprint density at radius 2 is 1.76 bits per heavy atom. The molecule has 134 valence electrons. The molecule has 0 radical (unpaired) electrons. The molecule has 5 heteroatoms. The number of nitrogens with one attached hydrogen (secondary N) is 2. The summed E-state index contributed by atoms with van der Waals surface area (Å²) >= 11 is 1.53. The van der Waals surface area contributed by atoms with Gasteiger partial charge in [0.25, 0.3) is 0 Å². The van der Waals surface area contributed by atoms with Crippen molar-refractivity contribution in [2.45, 2.75) is 24.9 Å². The maximum atomic E-state index is 12.1. The minimum absolute atomic E-state index is 0.0471. The van der Waals surface area contributed by atoms with E-state index in [4.69, 9.17) is 4.74 Å². The molecule has 0 atom stereocenters. The molecule has 0 heterocycles. The van der Waals surface area contributed by atoms with Gasteiger partial charge in [-0.2, -0.15) is 0 Å². The molecule has 0 aliphatic heterocycles. The minimum Gasteiger partial charge on any atom is -0.494 e. The van der Waals surface area contributed by atoms with Crippen molar-refractivity contribution in [3.8, 4) is 5.75 Å². The molecule has 0 aliphatic carbocycles. The van der Waals surface area contributed by atoms with E-state index >= 15 is 0 Å². The molecule has 0 spiro atoms. The Balaban J connectivity index is 1.81. The lowest BCUT2D eigenvalue weighted by Crippen LogP contribution is -3.04. The van der Waals surface area contributed by atoms with Crippen LogP contribution in [-0.4, -0.2) is 32.4 Å². The highest BCUT2D eigenvalue weighted by atomic mass is 32.2. The average Bonchev–Trinajstić information content (AvgIpc) is 2.60. The van der Waals surface area contributed by atoms with Crippen molar-refractivity contribution >= 4 is 17.7 Å². The van der Waals surface area contributed by atoms with Gasteiger partial charge in [-0.1, -0.05) is 24.3 Å². The first-order chi connectivity index (χ1) is 12.1. The number of hydrogen-bond acceptors (Lipinski definition) is 3. The topological polar surface area (TPSA) is 42.8 Å². The van der Waals surface area contributed by atoms with E-state index in [-0.39, 0.29) is 5.91 Å². The van der Waals surface area contributed by atoms with Crippen LogP contribution >= 0.6 is 11.8 Å². The molecule has 2 aromatic rings. The highest BCUT2D eigenvalue weighted by Crippen LogP contribution is 2.21. The third-order valence-corrected chi connectivity index (χ3v) is 4.66. The van der Waals surface area contributed by atoms with Crippen molar-refractivity contribution in [3.05, 3.63) is 59.7 Å². The maximum absolute atomic E-state index is 12.1. The van der Waals surface area contributed by atoms with E-state index < -0.39 is 0 Å². The molecular weight excluding hydrogens is 332 g/mol. The molecule has 4 nitrogen and oxygen atoms in total. The van der Waals surface area contributed by atoms with E-state index in [1.165, 1.54) is 27.8 Å². The van der Waals surface area contributed by atoms with Crippen molar-refractivity contribution in [2.75, 3.05) is 26.5 Å². The smallest absolute Gasteiger partial charge is 0.230 e. The first-order valence-corrected chi connectivity index (χ1v) is 9.55. The Kier molecular flexibility index (Phi) is 7.82. The number of rotatable bonds is 9. The summed E-state index contributed by atoms with van der Waals surface area (Å²) in [5, 5.41) is 3.02. The third kappa shape index (κ3) is 6.80. The summed E-state index contributed by atoms with van der Waals surface area (Å²) in [4.78, 5) is 14.6. The lowest BCUT2D eigenvalue weighted by molar-refractivity contribution is -0.872. The van der Waals surface area contributed by atoms with E-state index in [1.54, 1.807) is 0 Å². The van der Waals surface area contributed by atoms with Gasteiger partial charge in [0.2, 0.25) is 5.91 Å². The molecule has 0 aliphatic rings. The summed E-state index contributed by atoms with van der Waals surface area (Å²) < 4.78 is 5.42. The summed E-state index contributed by atoms with van der Waals surface area (Å²) in [6, 6.07) is 16.1. The highest BCUT2D eigenvalue weighted by molar-refractivity contribution is 8.00. The zero-order chi connectivity index (χ0) is 18.1. The second-order valence-electron chi connectivity index (χ2n) is 6.12. The molecule has 0 saturated heterocycles. The number of benzene rings is 2. The average molecular weight is 360 g/mol. The lowest BCUT2D eigenvalue weighted by Gasteiger charge is -2.13. The Labute approximate surface area is 154 Å².